The minimum absolute atomic E-state index is 1.13. The van der Waals surface area contributed by atoms with Crippen molar-refractivity contribution < 1.29 is 0 Å². The standard InChI is InChI=1S/C23H18N2/c1-3-9-21(10-4-1)25(22-11-5-2-6-12-22)23-13-7-8-20(18-23)19-14-16-24-17-15-19/h1-18H. The fourth-order valence-corrected chi connectivity index (χ4v) is 2.97. The van der Waals surface area contributed by atoms with Crippen LogP contribution in [-0.4, -0.2) is 4.98 Å². The molecule has 2 heteroatoms. The second-order valence-corrected chi connectivity index (χ2v) is 5.79. The van der Waals surface area contributed by atoms with Crippen LogP contribution >= 0.6 is 0 Å². The van der Waals surface area contributed by atoms with Gasteiger partial charge in [-0.25, -0.2) is 0 Å². The molecule has 2 nitrogen and oxygen atoms in total. The molecule has 4 rings (SSSR count). The number of pyridine rings is 1. The predicted molar refractivity (Wildman–Crippen MR) is 104 cm³/mol. The lowest BCUT2D eigenvalue weighted by Crippen LogP contribution is -2.09. The highest BCUT2D eigenvalue weighted by atomic mass is 15.1. The van der Waals surface area contributed by atoms with Gasteiger partial charge in [0.2, 0.25) is 0 Å². The Balaban J connectivity index is 1.83. The van der Waals surface area contributed by atoms with Crippen molar-refractivity contribution in [3.8, 4) is 11.1 Å². The summed E-state index contributed by atoms with van der Waals surface area (Å²) in [6, 6.07) is 33.5. The molecule has 0 bridgehead atoms. The van der Waals surface area contributed by atoms with E-state index in [1.165, 1.54) is 5.56 Å². The number of hydrogen-bond acceptors (Lipinski definition) is 2. The van der Waals surface area contributed by atoms with Gasteiger partial charge in [0.25, 0.3) is 0 Å². The fraction of sp³-hybridized carbons (Fsp3) is 0. The van der Waals surface area contributed by atoms with Gasteiger partial charge in [0.05, 0.1) is 0 Å². The van der Waals surface area contributed by atoms with Crippen LogP contribution in [0.3, 0.4) is 0 Å². The predicted octanol–water partition coefficient (Wildman–Crippen LogP) is 6.22. The van der Waals surface area contributed by atoms with Crippen molar-refractivity contribution >= 4 is 17.1 Å². The van der Waals surface area contributed by atoms with E-state index in [2.05, 4.69) is 82.7 Å². The Labute approximate surface area is 148 Å². The topological polar surface area (TPSA) is 16.1 Å². The zero-order valence-corrected chi connectivity index (χ0v) is 13.8. The summed E-state index contributed by atoms with van der Waals surface area (Å²) >= 11 is 0. The molecule has 3 aromatic carbocycles. The molecule has 0 atom stereocenters. The van der Waals surface area contributed by atoms with E-state index in [0.717, 1.165) is 22.6 Å². The molecular weight excluding hydrogens is 304 g/mol. The molecule has 0 aliphatic rings. The molecule has 0 saturated carbocycles. The van der Waals surface area contributed by atoms with Crippen LogP contribution in [0.25, 0.3) is 11.1 Å². The Kier molecular flexibility index (Phi) is 4.25. The smallest absolute Gasteiger partial charge is 0.0467 e. The monoisotopic (exact) mass is 322 g/mol. The molecule has 0 fully saturated rings. The first-order chi connectivity index (χ1) is 12.4. The van der Waals surface area contributed by atoms with E-state index in [1.54, 1.807) is 0 Å². The van der Waals surface area contributed by atoms with E-state index in [0.29, 0.717) is 0 Å². The van der Waals surface area contributed by atoms with Crippen molar-refractivity contribution in [2.75, 3.05) is 4.90 Å². The number of nitrogens with zero attached hydrogens (tertiary/aromatic N) is 2. The highest BCUT2D eigenvalue weighted by molar-refractivity contribution is 5.79. The first kappa shape index (κ1) is 15.2. The first-order valence-electron chi connectivity index (χ1n) is 8.32. The van der Waals surface area contributed by atoms with E-state index in [4.69, 9.17) is 0 Å². The number of anilines is 3. The third kappa shape index (κ3) is 3.29. The highest BCUT2D eigenvalue weighted by Gasteiger charge is 2.12. The molecule has 0 unspecified atom stereocenters. The minimum atomic E-state index is 1.13. The van der Waals surface area contributed by atoms with Gasteiger partial charge in [-0.15, -0.1) is 0 Å². The molecule has 0 radical (unpaired) electrons. The Morgan fingerprint density at radius 3 is 1.64 bits per heavy atom. The van der Waals surface area contributed by atoms with Crippen LogP contribution in [0.2, 0.25) is 0 Å². The Morgan fingerprint density at radius 2 is 1.04 bits per heavy atom. The summed E-state index contributed by atoms with van der Waals surface area (Å²) in [6.07, 6.45) is 3.66. The normalized spacial score (nSPS) is 10.4. The van der Waals surface area contributed by atoms with Crippen LogP contribution in [0, 0.1) is 0 Å². The minimum Gasteiger partial charge on any atom is -0.310 e. The van der Waals surface area contributed by atoms with Crippen molar-refractivity contribution in [1.29, 1.82) is 0 Å². The number of benzene rings is 3. The summed E-state index contributed by atoms with van der Waals surface area (Å²) in [7, 11) is 0. The van der Waals surface area contributed by atoms with E-state index >= 15 is 0 Å². The van der Waals surface area contributed by atoms with Crippen LogP contribution in [0.5, 0.6) is 0 Å². The van der Waals surface area contributed by atoms with Gasteiger partial charge in [-0.05, 0) is 59.7 Å². The Hall–Kier alpha value is -3.39. The maximum Gasteiger partial charge on any atom is 0.0467 e. The molecule has 0 aliphatic carbocycles. The average molecular weight is 322 g/mol. The average Bonchev–Trinajstić information content (AvgIpc) is 2.71. The molecule has 0 spiro atoms. The van der Waals surface area contributed by atoms with Gasteiger partial charge in [-0.2, -0.15) is 0 Å². The van der Waals surface area contributed by atoms with Gasteiger partial charge in [0.1, 0.15) is 0 Å². The molecule has 25 heavy (non-hydrogen) atoms. The molecule has 0 N–H and O–H groups in total. The molecule has 0 saturated heterocycles. The van der Waals surface area contributed by atoms with Gasteiger partial charge in [0.15, 0.2) is 0 Å². The molecule has 0 amide bonds. The third-order valence-electron chi connectivity index (χ3n) is 4.15. The summed E-state index contributed by atoms with van der Waals surface area (Å²) in [5.74, 6) is 0. The van der Waals surface area contributed by atoms with E-state index in [1.807, 2.05) is 36.7 Å². The zero-order chi connectivity index (χ0) is 16.9. The van der Waals surface area contributed by atoms with Gasteiger partial charge < -0.3 is 4.90 Å². The SMILES string of the molecule is c1ccc(N(c2ccccc2)c2cccc(-c3ccncc3)c2)cc1. The largest absolute Gasteiger partial charge is 0.310 e. The van der Waals surface area contributed by atoms with Crippen molar-refractivity contribution in [2.45, 2.75) is 0 Å². The van der Waals surface area contributed by atoms with Crippen LogP contribution in [0.4, 0.5) is 17.1 Å². The van der Waals surface area contributed by atoms with E-state index in [9.17, 15) is 0 Å². The van der Waals surface area contributed by atoms with Crippen molar-refractivity contribution in [2.24, 2.45) is 0 Å². The molecule has 1 heterocycles. The van der Waals surface area contributed by atoms with Gasteiger partial charge in [-0.3, -0.25) is 4.98 Å². The van der Waals surface area contributed by atoms with E-state index < -0.39 is 0 Å². The van der Waals surface area contributed by atoms with Gasteiger partial charge in [0, 0.05) is 29.5 Å². The number of hydrogen-bond donors (Lipinski definition) is 0. The second kappa shape index (κ2) is 7.02. The number of rotatable bonds is 4. The van der Waals surface area contributed by atoms with Crippen molar-refractivity contribution in [3.05, 3.63) is 109 Å². The van der Waals surface area contributed by atoms with Crippen LogP contribution in [0.15, 0.2) is 109 Å². The Bertz CT molecular complexity index is 896. The van der Waals surface area contributed by atoms with Crippen molar-refractivity contribution in [3.63, 3.8) is 0 Å². The fourth-order valence-electron chi connectivity index (χ4n) is 2.97. The van der Waals surface area contributed by atoms with E-state index in [-0.39, 0.29) is 0 Å². The zero-order valence-electron chi connectivity index (χ0n) is 13.8. The summed E-state index contributed by atoms with van der Waals surface area (Å²) in [5, 5.41) is 0. The molecule has 120 valence electrons. The van der Waals surface area contributed by atoms with Gasteiger partial charge in [-0.1, -0.05) is 48.5 Å². The van der Waals surface area contributed by atoms with Gasteiger partial charge >= 0.3 is 0 Å². The summed E-state index contributed by atoms with van der Waals surface area (Å²) in [5.41, 5.74) is 5.75. The van der Waals surface area contributed by atoms with Crippen LogP contribution in [0.1, 0.15) is 0 Å². The number of para-hydroxylation sites is 2. The molecule has 1 aromatic heterocycles. The molecular formula is C23H18N2. The molecule has 0 aliphatic heterocycles. The summed E-state index contributed by atoms with van der Waals surface area (Å²) < 4.78 is 0. The quantitative estimate of drug-likeness (QED) is 0.443. The Morgan fingerprint density at radius 1 is 0.480 bits per heavy atom. The first-order valence-corrected chi connectivity index (χ1v) is 8.32. The summed E-state index contributed by atoms with van der Waals surface area (Å²) in [6.45, 7) is 0. The molecule has 4 aromatic rings. The van der Waals surface area contributed by atoms with Crippen LogP contribution < -0.4 is 4.90 Å². The lowest BCUT2D eigenvalue weighted by Gasteiger charge is -2.25. The highest BCUT2D eigenvalue weighted by Crippen LogP contribution is 2.35. The lowest BCUT2D eigenvalue weighted by atomic mass is 10.1. The lowest BCUT2D eigenvalue weighted by molar-refractivity contribution is 1.28. The summed E-state index contributed by atoms with van der Waals surface area (Å²) in [4.78, 5) is 6.38. The maximum atomic E-state index is 4.11. The van der Waals surface area contributed by atoms with Crippen LogP contribution in [-0.2, 0) is 0 Å². The maximum absolute atomic E-state index is 4.11. The van der Waals surface area contributed by atoms with Crippen molar-refractivity contribution in [1.82, 2.24) is 4.98 Å². The second-order valence-electron chi connectivity index (χ2n) is 5.79. The third-order valence-corrected chi connectivity index (χ3v) is 4.15. The number of aromatic nitrogens is 1.